The molecule has 0 fully saturated rings. The molecule has 0 aromatic rings. The Balaban J connectivity index is 2.61. The largest absolute Gasteiger partial charge is 0.481 e. The van der Waals surface area contributed by atoms with Crippen LogP contribution < -0.4 is 0 Å². The van der Waals surface area contributed by atoms with E-state index in [2.05, 4.69) is 4.74 Å². The summed E-state index contributed by atoms with van der Waals surface area (Å²) in [6, 6.07) is 0. The second-order valence-electron chi connectivity index (χ2n) is 1.44. The topological polar surface area (TPSA) is 66.8 Å². The van der Waals surface area contributed by atoms with E-state index in [-0.39, 0.29) is 0 Å². The monoisotopic (exact) mass is 136 g/mol. The van der Waals surface area contributed by atoms with Crippen LogP contribution >= 0.6 is 7.60 Å². The summed E-state index contributed by atoms with van der Waals surface area (Å²) in [5, 5.41) is 0. The van der Waals surface area contributed by atoms with E-state index < -0.39 is 13.4 Å². The molecule has 5 heteroatoms. The summed E-state index contributed by atoms with van der Waals surface area (Å²) in [5.41, 5.74) is 0. The molecule has 0 amide bonds. The van der Waals surface area contributed by atoms with Gasteiger partial charge in [-0.1, -0.05) is 0 Å². The third-order valence-corrected chi connectivity index (χ3v) is 1.75. The van der Waals surface area contributed by atoms with Gasteiger partial charge in [0.15, 0.2) is 0 Å². The Morgan fingerprint density at radius 1 is 1.62 bits per heavy atom. The zero-order valence-electron chi connectivity index (χ0n) is 3.89. The molecule has 0 bridgehead atoms. The third-order valence-electron chi connectivity index (χ3n) is 0.793. The van der Waals surface area contributed by atoms with E-state index in [0.29, 0.717) is 0 Å². The molecule has 2 N–H and O–H groups in total. The highest BCUT2D eigenvalue weighted by Crippen LogP contribution is 2.45. The van der Waals surface area contributed by atoms with Gasteiger partial charge in [0, 0.05) is 6.08 Å². The summed E-state index contributed by atoms with van der Waals surface area (Å²) in [6.45, 7) is 0. The van der Waals surface area contributed by atoms with Crippen LogP contribution in [0.15, 0.2) is 12.3 Å². The molecule has 8 heavy (non-hydrogen) atoms. The minimum Gasteiger partial charge on any atom is -0.481 e. The van der Waals surface area contributed by atoms with E-state index in [4.69, 9.17) is 9.79 Å². The van der Waals surface area contributed by atoms with Crippen LogP contribution in [0.4, 0.5) is 0 Å². The molecule has 46 valence electrons. The summed E-state index contributed by atoms with van der Waals surface area (Å²) in [5.74, 6) is -0.984. The SMILES string of the molecule is O=P(O)(O)C1C=CO1. The third kappa shape index (κ3) is 0.916. The molecule has 1 aliphatic rings. The Labute approximate surface area is 45.9 Å². The van der Waals surface area contributed by atoms with E-state index in [9.17, 15) is 4.57 Å². The quantitative estimate of drug-likeness (QED) is 0.499. The smallest absolute Gasteiger partial charge is 0.369 e. The minimum atomic E-state index is -3.98. The first-order valence-corrected chi connectivity index (χ1v) is 3.66. The molecule has 4 nitrogen and oxygen atoms in total. The molecular weight excluding hydrogens is 131 g/mol. The van der Waals surface area contributed by atoms with E-state index in [1.165, 1.54) is 12.3 Å². The first-order chi connectivity index (χ1) is 3.61. The molecule has 0 aromatic heterocycles. The second kappa shape index (κ2) is 1.58. The van der Waals surface area contributed by atoms with Gasteiger partial charge in [0.25, 0.3) is 0 Å². The zero-order valence-corrected chi connectivity index (χ0v) is 4.78. The zero-order chi connectivity index (χ0) is 6.20. The molecule has 0 aliphatic carbocycles. The molecule has 1 heterocycles. The van der Waals surface area contributed by atoms with E-state index in [1.54, 1.807) is 0 Å². The highest BCUT2D eigenvalue weighted by molar-refractivity contribution is 7.52. The Morgan fingerprint density at radius 2 is 2.12 bits per heavy atom. The molecule has 0 saturated heterocycles. The van der Waals surface area contributed by atoms with E-state index >= 15 is 0 Å². The first kappa shape index (κ1) is 5.82. The minimum absolute atomic E-state index is 0.984. The van der Waals surface area contributed by atoms with Crippen molar-refractivity contribution in [3.05, 3.63) is 12.3 Å². The average molecular weight is 136 g/mol. The highest BCUT2D eigenvalue weighted by Gasteiger charge is 2.31. The lowest BCUT2D eigenvalue weighted by Crippen LogP contribution is -2.13. The average Bonchev–Trinajstić information content (AvgIpc) is 1.16. The maximum Gasteiger partial charge on any atom is 0.369 e. The van der Waals surface area contributed by atoms with Crippen molar-refractivity contribution in [3.8, 4) is 0 Å². The summed E-state index contributed by atoms with van der Waals surface area (Å²) in [7, 11) is -3.98. The fourth-order valence-corrected chi connectivity index (χ4v) is 0.864. The van der Waals surface area contributed by atoms with Crippen molar-refractivity contribution in [2.75, 3.05) is 0 Å². The maximum atomic E-state index is 10.1. The van der Waals surface area contributed by atoms with Crippen LogP contribution in [-0.2, 0) is 9.30 Å². The summed E-state index contributed by atoms with van der Waals surface area (Å²) < 4.78 is 14.5. The normalized spacial score (nSPS) is 26.5. The first-order valence-electron chi connectivity index (χ1n) is 1.98. The Bertz CT molecular complexity index is 157. The van der Waals surface area contributed by atoms with Crippen molar-refractivity contribution in [3.63, 3.8) is 0 Å². The molecule has 0 aromatic carbocycles. The van der Waals surface area contributed by atoms with Gasteiger partial charge < -0.3 is 14.5 Å². The van der Waals surface area contributed by atoms with Gasteiger partial charge in [-0.15, -0.1) is 0 Å². The molecule has 0 saturated carbocycles. The van der Waals surface area contributed by atoms with Crippen LogP contribution in [-0.4, -0.2) is 15.6 Å². The van der Waals surface area contributed by atoms with Gasteiger partial charge in [0.1, 0.15) is 0 Å². The van der Waals surface area contributed by atoms with Crippen LogP contribution in [0.1, 0.15) is 0 Å². The van der Waals surface area contributed by atoms with Crippen LogP contribution in [0, 0.1) is 0 Å². The van der Waals surface area contributed by atoms with Crippen LogP contribution in [0.3, 0.4) is 0 Å². The Morgan fingerprint density at radius 3 is 2.12 bits per heavy atom. The fraction of sp³-hybridized carbons (Fsp3) is 0.333. The second-order valence-corrected chi connectivity index (χ2v) is 3.13. The molecule has 1 unspecified atom stereocenters. The van der Waals surface area contributed by atoms with Gasteiger partial charge in [-0.3, -0.25) is 4.57 Å². The van der Waals surface area contributed by atoms with E-state index in [1.807, 2.05) is 0 Å². The van der Waals surface area contributed by atoms with Gasteiger partial charge in [-0.05, 0) is 0 Å². The van der Waals surface area contributed by atoms with Crippen molar-refractivity contribution in [2.45, 2.75) is 5.85 Å². The Hall–Kier alpha value is -0.310. The number of ether oxygens (including phenoxy) is 1. The Kier molecular flexibility index (Phi) is 1.15. The predicted molar refractivity (Wildman–Crippen MR) is 26.1 cm³/mol. The van der Waals surface area contributed by atoms with E-state index in [0.717, 1.165) is 0 Å². The molecule has 1 rings (SSSR count). The highest BCUT2D eigenvalue weighted by atomic mass is 31.2. The molecule has 1 atom stereocenters. The predicted octanol–water partition coefficient (Wildman–Crippen LogP) is 0.0341. The lowest BCUT2D eigenvalue weighted by Gasteiger charge is -2.19. The molecule has 1 aliphatic heterocycles. The van der Waals surface area contributed by atoms with Crippen LogP contribution in [0.5, 0.6) is 0 Å². The lowest BCUT2D eigenvalue weighted by atomic mass is 10.6. The number of rotatable bonds is 1. The molecular formula is C3H5O4P. The van der Waals surface area contributed by atoms with Crippen LogP contribution in [0.25, 0.3) is 0 Å². The fourth-order valence-electron chi connectivity index (χ4n) is 0.340. The number of hydrogen-bond donors (Lipinski definition) is 2. The molecule has 0 radical (unpaired) electrons. The lowest BCUT2D eigenvalue weighted by molar-refractivity contribution is 0.169. The van der Waals surface area contributed by atoms with Crippen molar-refractivity contribution >= 4 is 7.60 Å². The van der Waals surface area contributed by atoms with Gasteiger partial charge >= 0.3 is 7.60 Å². The van der Waals surface area contributed by atoms with Gasteiger partial charge in [-0.2, -0.15) is 0 Å². The van der Waals surface area contributed by atoms with Crippen molar-refractivity contribution in [2.24, 2.45) is 0 Å². The maximum absolute atomic E-state index is 10.1. The summed E-state index contributed by atoms with van der Waals surface area (Å²) >= 11 is 0. The molecule has 0 spiro atoms. The van der Waals surface area contributed by atoms with Crippen molar-refractivity contribution in [1.29, 1.82) is 0 Å². The summed E-state index contributed by atoms with van der Waals surface area (Å²) in [6.07, 6.45) is 2.57. The van der Waals surface area contributed by atoms with Crippen molar-refractivity contribution < 1.29 is 19.1 Å². The standard InChI is InChI=1S/C3H5O4P/c4-8(5,6)3-1-2-7-3/h1-3H,(H2,4,5,6). The van der Waals surface area contributed by atoms with Gasteiger partial charge in [0.05, 0.1) is 6.26 Å². The number of hydrogen-bond acceptors (Lipinski definition) is 2. The summed E-state index contributed by atoms with van der Waals surface area (Å²) in [4.78, 5) is 16.5. The van der Waals surface area contributed by atoms with Crippen molar-refractivity contribution in [1.82, 2.24) is 0 Å². The van der Waals surface area contributed by atoms with Gasteiger partial charge in [-0.25, -0.2) is 0 Å². The van der Waals surface area contributed by atoms with Crippen LogP contribution in [0.2, 0.25) is 0 Å². The van der Waals surface area contributed by atoms with Gasteiger partial charge in [0.2, 0.25) is 5.85 Å².